The van der Waals surface area contributed by atoms with Gasteiger partial charge in [-0.2, -0.15) is 0 Å². The first-order valence-electron chi connectivity index (χ1n) is 5.29. The van der Waals surface area contributed by atoms with Crippen LogP contribution in [0.3, 0.4) is 0 Å². The van der Waals surface area contributed by atoms with Gasteiger partial charge in [0.25, 0.3) is 0 Å². The van der Waals surface area contributed by atoms with Gasteiger partial charge in [-0.05, 0) is 25.5 Å². The number of likely N-dealkylation sites (N-methyl/N-ethyl adjacent to an activating group) is 1. The van der Waals surface area contributed by atoms with E-state index < -0.39 is 0 Å². The minimum atomic E-state index is -0.0204. The van der Waals surface area contributed by atoms with Gasteiger partial charge in [0.1, 0.15) is 0 Å². The van der Waals surface area contributed by atoms with Gasteiger partial charge >= 0.3 is 0 Å². The summed E-state index contributed by atoms with van der Waals surface area (Å²) in [7, 11) is 4.10. The minimum Gasteiger partial charge on any atom is -0.325 e. The van der Waals surface area contributed by atoms with Gasteiger partial charge in [-0.25, -0.2) is 0 Å². The quantitative estimate of drug-likeness (QED) is 0.739. The molecular weight excluding hydrogens is 222 g/mol. The van der Waals surface area contributed by atoms with Crippen LogP contribution in [0.1, 0.15) is 11.8 Å². The lowest BCUT2D eigenvalue weighted by Crippen LogP contribution is -2.26. The first-order chi connectivity index (χ1) is 7.59. The highest BCUT2D eigenvalue weighted by molar-refractivity contribution is 7.10. The molecule has 0 aromatic carbocycles. The van der Waals surface area contributed by atoms with Crippen molar-refractivity contribution in [2.24, 2.45) is 0 Å². The molecule has 0 saturated carbocycles. The zero-order chi connectivity index (χ0) is 12.0. The van der Waals surface area contributed by atoms with Crippen molar-refractivity contribution in [1.29, 1.82) is 0 Å². The molecule has 0 aliphatic rings. The molecule has 1 aromatic rings. The fourth-order valence-corrected chi connectivity index (χ4v) is 2.08. The molecule has 2 N–H and O–H groups in total. The summed E-state index contributed by atoms with van der Waals surface area (Å²) >= 11 is 1.66. The molecule has 1 rings (SSSR count). The molecule has 1 aromatic heterocycles. The Balaban J connectivity index is 2.36. The van der Waals surface area contributed by atoms with Gasteiger partial charge < -0.3 is 15.5 Å². The predicted molar refractivity (Wildman–Crippen MR) is 68.9 cm³/mol. The highest BCUT2D eigenvalue weighted by Gasteiger charge is 2.04. The third-order valence-electron chi connectivity index (χ3n) is 2.08. The summed E-state index contributed by atoms with van der Waals surface area (Å²) in [6.07, 6.45) is 0. The van der Waals surface area contributed by atoms with Crippen LogP contribution >= 0.6 is 11.3 Å². The molecule has 0 aliphatic heterocycles. The van der Waals surface area contributed by atoms with Crippen molar-refractivity contribution in [3.63, 3.8) is 0 Å². The predicted octanol–water partition coefficient (Wildman–Crippen LogP) is 1.36. The van der Waals surface area contributed by atoms with Crippen LogP contribution in [0.25, 0.3) is 0 Å². The maximum absolute atomic E-state index is 10.9. The highest BCUT2D eigenvalue weighted by Crippen LogP contribution is 2.21. The van der Waals surface area contributed by atoms with E-state index >= 15 is 0 Å². The van der Waals surface area contributed by atoms with Gasteiger partial charge in [0.15, 0.2) is 0 Å². The van der Waals surface area contributed by atoms with Gasteiger partial charge in [-0.1, -0.05) is 0 Å². The van der Waals surface area contributed by atoms with Crippen molar-refractivity contribution in [1.82, 2.24) is 10.2 Å². The minimum absolute atomic E-state index is 0.0204. The molecule has 0 atom stereocenters. The second-order valence-electron chi connectivity index (χ2n) is 3.92. The molecule has 0 saturated heterocycles. The first-order valence-corrected chi connectivity index (χ1v) is 6.17. The number of anilines is 1. The number of thiophene rings is 1. The monoisotopic (exact) mass is 241 g/mol. The Kier molecular flexibility index (Phi) is 5.45. The molecule has 0 unspecified atom stereocenters. The van der Waals surface area contributed by atoms with Crippen LogP contribution < -0.4 is 10.6 Å². The average molecular weight is 241 g/mol. The molecular formula is C11H19N3OS. The lowest BCUT2D eigenvalue weighted by molar-refractivity contribution is -0.114. The topological polar surface area (TPSA) is 44.4 Å². The van der Waals surface area contributed by atoms with E-state index in [-0.39, 0.29) is 5.91 Å². The lowest BCUT2D eigenvalue weighted by atomic mass is 10.3. The molecule has 16 heavy (non-hydrogen) atoms. The molecule has 4 nitrogen and oxygen atoms in total. The Bertz CT molecular complexity index is 336. The number of nitrogens with zero attached hydrogens (tertiary/aromatic N) is 1. The van der Waals surface area contributed by atoms with Crippen LogP contribution in [0.5, 0.6) is 0 Å². The maximum Gasteiger partial charge on any atom is 0.221 e. The van der Waals surface area contributed by atoms with Gasteiger partial charge in [-0.15, -0.1) is 11.3 Å². The number of hydrogen-bond donors (Lipinski definition) is 2. The summed E-state index contributed by atoms with van der Waals surface area (Å²) in [6.45, 7) is 4.30. The summed E-state index contributed by atoms with van der Waals surface area (Å²) in [5, 5.41) is 8.17. The van der Waals surface area contributed by atoms with E-state index in [0.717, 1.165) is 25.3 Å². The molecule has 0 bridgehead atoms. The molecule has 0 radical (unpaired) electrons. The van der Waals surface area contributed by atoms with Crippen LogP contribution in [0, 0.1) is 0 Å². The van der Waals surface area contributed by atoms with Crippen molar-refractivity contribution >= 4 is 22.9 Å². The number of hydrogen-bond acceptors (Lipinski definition) is 4. The Morgan fingerprint density at radius 3 is 2.88 bits per heavy atom. The van der Waals surface area contributed by atoms with Gasteiger partial charge in [0.2, 0.25) is 5.91 Å². The van der Waals surface area contributed by atoms with Crippen molar-refractivity contribution in [3.8, 4) is 0 Å². The summed E-state index contributed by atoms with van der Waals surface area (Å²) in [6, 6.07) is 1.94. The number of carbonyl (C=O) groups excluding carboxylic acids is 1. The summed E-state index contributed by atoms with van der Waals surface area (Å²) in [4.78, 5) is 14.3. The SMILES string of the molecule is CC(=O)Nc1ccsc1CNCCN(C)C. The zero-order valence-electron chi connectivity index (χ0n) is 10.0. The molecule has 5 heteroatoms. The second kappa shape index (κ2) is 6.62. The van der Waals surface area contributed by atoms with E-state index in [0.29, 0.717) is 0 Å². The summed E-state index contributed by atoms with van der Waals surface area (Å²) < 4.78 is 0. The first kappa shape index (κ1) is 13.2. The summed E-state index contributed by atoms with van der Waals surface area (Å²) in [5.41, 5.74) is 0.926. The van der Waals surface area contributed by atoms with Crippen molar-refractivity contribution in [2.75, 3.05) is 32.5 Å². The second-order valence-corrected chi connectivity index (χ2v) is 4.92. The largest absolute Gasteiger partial charge is 0.325 e. The molecule has 0 spiro atoms. The van der Waals surface area contributed by atoms with E-state index in [1.165, 1.54) is 11.8 Å². The number of amides is 1. The fourth-order valence-electron chi connectivity index (χ4n) is 1.28. The Labute approximate surface area is 101 Å². The fraction of sp³-hybridized carbons (Fsp3) is 0.545. The Morgan fingerprint density at radius 2 is 2.25 bits per heavy atom. The van der Waals surface area contributed by atoms with Crippen molar-refractivity contribution in [2.45, 2.75) is 13.5 Å². The summed E-state index contributed by atoms with van der Waals surface area (Å²) in [5.74, 6) is -0.0204. The van der Waals surface area contributed by atoms with Crippen molar-refractivity contribution < 1.29 is 4.79 Å². The van der Waals surface area contributed by atoms with Gasteiger partial charge in [0.05, 0.1) is 5.69 Å². The molecule has 0 fully saturated rings. The van der Waals surface area contributed by atoms with E-state index in [9.17, 15) is 4.79 Å². The molecule has 1 amide bonds. The molecule has 1 heterocycles. The Hall–Kier alpha value is -0.910. The third-order valence-corrected chi connectivity index (χ3v) is 3.00. The van der Waals surface area contributed by atoms with E-state index in [1.54, 1.807) is 11.3 Å². The standard InChI is InChI=1S/C11H19N3OS/c1-9(15)13-10-4-7-16-11(10)8-12-5-6-14(2)3/h4,7,12H,5-6,8H2,1-3H3,(H,13,15). The normalized spacial score (nSPS) is 10.8. The van der Waals surface area contributed by atoms with E-state index in [1.807, 2.05) is 11.4 Å². The molecule has 90 valence electrons. The number of nitrogens with one attached hydrogen (secondary N) is 2. The smallest absolute Gasteiger partial charge is 0.221 e. The third kappa shape index (κ3) is 4.74. The number of carbonyl (C=O) groups is 1. The highest BCUT2D eigenvalue weighted by atomic mass is 32.1. The lowest BCUT2D eigenvalue weighted by Gasteiger charge is -2.10. The van der Waals surface area contributed by atoms with Gasteiger partial charge in [-0.3, -0.25) is 4.79 Å². The zero-order valence-corrected chi connectivity index (χ0v) is 10.9. The Morgan fingerprint density at radius 1 is 1.50 bits per heavy atom. The van der Waals surface area contributed by atoms with Crippen LogP contribution in [0.15, 0.2) is 11.4 Å². The van der Waals surface area contributed by atoms with Crippen LogP contribution in [-0.2, 0) is 11.3 Å². The van der Waals surface area contributed by atoms with E-state index in [4.69, 9.17) is 0 Å². The van der Waals surface area contributed by atoms with Crippen LogP contribution in [0.4, 0.5) is 5.69 Å². The van der Waals surface area contributed by atoms with Crippen molar-refractivity contribution in [3.05, 3.63) is 16.3 Å². The number of rotatable bonds is 6. The average Bonchev–Trinajstić information content (AvgIpc) is 2.59. The van der Waals surface area contributed by atoms with Crippen LogP contribution in [0.2, 0.25) is 0 Å². The van der Waals surface area contributed by atoms with Crippen LogP contribution in [-0.4, -0.2) is 38.0 Å². The molecule has 0 aliphatic carbocycles. The van der Waals surface area contributed by atoms with Gasteiger partial charge in [0, 0.05) is 31.4 Å². The van der Waals surface area contributed by atoms with E-state index in [2.05, 4.69) is 29.6 Å². The maximum atomic E-state index is 10.9.